The Kier molecular flexibility index (Phi) is 5.05. The average Bonchev–Trinajstić information content (AvgIpc) is 3.48. The van der Waals surface area contributed by atoms with Crippen molar-refractivity contribution in [3.05, 3.63) is 40.4 Å². The van der Waals surface area contributed by atoms with E-state index in [1.807, 2.05) is 6.92 Å². The minimum Gasteiger partial charge on any atom is -0.479 e. The molecule has 2 fully saturated rings. The highest BCUT2D eigenvalue weighted by molar-refractivity contribution is 5.87. The van der Waals surface area contributed by atoms with E-state index in [0.717, 1.165) is 6.42 Å². The number of ether oxygens (including phenoxy) is 3. The first-order valence-electron chi connectivity index (χ1n) is 9.13. The Labute approximate surface area is 163 Å². The first-order chi connectivity index (χ1) is 13.8. The molecule has 1 aromatic heterocycles. The van der Waals surface area contributed by atoms with Crippen LogP contribution < -0.4 is 10.4 Å². The van der Waals surface area contributed by atoms with Gasteiger partial charge < -0.3 is 39.1 Å². The number of carboxylic acids is 1. The topological polar surface area (TPSA) is 159 Å². The first-order valence-corrected chi connectivity index (χ1v) is 9.13. The molecule has 1 aromatic carbocycles. The molecular weight excluding hydrogens is 388 g/mol. The molecule has 4 rings (SSSR count). The van der Waals surface area contributed by atoms with Crippen LogP contribution in [0.25, 0.3) is 10.8 Å². The summed E-state index contributed by atoms with van der Waals surface area (Å²) >= 11 is 0. The zero-order valence-electron chi connectivity index (χ0n) is 15.3. The summed E-state index contributed by atoms with van der Waals surface area (Å²) in [7, 11) is 0. The van der Waals surface area contributed by atoms with Crippen LogP contribution in [-0.2, 0) is 14.3 Å². The molecule has 2 aliphatic rings. The van der Waals surface area contributed by atoms with Crippen molar-refractivity contribution < 1.29 is 43.8 Å². The van der Waals surface area contributed by atoms with Crippen molar-refractivity contribution in [3.8, 4) is 5.75 Å². The molecule has 2 saturated heterocycles. The number of rotatable bonds is 5. The Hall–Kier alpha value is -2.50. The zero-order valence-corrected chi connectivity index (χ0v) is 15.3. The Morgan fingerprint density at radius 3 is 2.52 bits per heavy atom. The molecule has 3 heterocycles. The molecule has 0 radical (unpaired) electrons. The Morgan fingerprint density at radius 1 is 1.10 bits per heavy atom. The fourth-order valence-corrected chi connectivity index (χ4v) is 3.43. The summed E-state index contributed by atoms with van der Waals surface area (Å²) in [4.78, 5) is 23.6. The predicted molar refractivity (Wildman–Crippen MR) is 95.3 cm³/mol. The standard InChI is InChI=1S/C19H20O10/c1-2-9-15(26-9)11-6-8-7(18(25)27-11)4-3-5-10(8)28-19-14(22)12(20)13(21)16(29-19)17(23)24/h3-6,9,12-16,19-22H,2H2,1H3,(H,23,24). The molecule has 0 amide bonds. The van der Waals surface area contributed by atoms with Crippen molar-refractivity contribution in [2.45, 2.75) is 56.3 Å². The van der Waals surface area contributed by atoms with E-state index in [1.165, 1.54) is 18.2 Å². The molecular formula is C19H20O10. The lowest BCUT2D eigenvalue weighted by atomic mass is 9.99. The van der Waals surface area contributed by atoms with E-state index in [9.17, 15) is 24.9 Å². The second-order valence-electron chi connectivity index (χ2n) is 7.01. The molecule has 4 N–H and O–H groups in total. The molecule has 0 saturated carbocycles. The third-order valence-corrected chi connectivity index (χ3v) is 5.10. The second kappa shape index (κ2) is 7.39. The number of aliphatic carboxylic acids is 1. The van der Waals surface area contributed by atoms with E-state index >= 15 is 0 Å². The molecule has 7 unspecified atom stereocenters. The lowest BCUT2D eigenvalue weighted by molar-refractivity contribution is -0.270. The van der Waals surface area contributed by atoms with E-state index in [2.05, 4.69) is 0 Å². The van der Waals surface area contributed by atoms with Crippen molar-refractivity contribution in [2.75, 3.05) is 0 Å². The third-order valence-electron chi connectivity index (χ3n) is 5.10. The normalized spacial score (nSPS) is 34.1. The molecule has 0 bridgehead atoms. The SMILES string of the molecule is CCC1OC1c1cc2c(OC3OC(C(=O)O)C(O)C(O)C3O)cccc2c(=O)o1. The van der Waals surface area contributed by atoms with Crippen molar-refractivity contribution in [1.29, 1.82) is 0 Å². The monoisotopic (exact) mass is 408 g/mol. The molecule has 156 valence electrons. The van der Waals surface area contributed by atoms with Gasteiger partial charge in [-0.3, -0.25) is 0 Å². The first kappa shape index (κ1) is 19.8. The molecule has 0 spiro atoms. The summed E-state index contributed by atoms with van der Waals surface area (Å²) in [6, 6.07) is 6.13. The molecule has 2 aliphatic heterocycles. The molecule has 10 nitrogen and oxygen atoms in total. The molecule has 0 aliphatic carbocycles. The highest BCUT2D eigenvalue weighted by Crippen LogP contribution is 2.41. The average molecular weight is 408 g/mol. The van der Waals surface area contributed by atoms with Gasteiger partial charge in [0.15, 0.2) is 6.10 Å². The van der Waals surface area contributed by atoms with Crippen LogP contribution in [0.4, 0.5) is 0 Å². The van der Waals surface area contributed by atoms with E-state index in [4.69, 9.17) is 23.7 Å². The van der Waals surface area contributed by atoms with Crippen LogP contribution in [0, 0.1) is 0 Å². The van der Waals surface area contributed by atoms with E-state index in [0.29, 0.717) is 11.1 Å². The van der Waals surface area contributed by atoms with Gasteiger partial charge in [-0.2, -0.15) is 0 Å². The Morgan fingerprint density at radius 2 is 1.86 bits per heavy atom. The van der Waals surface area contributed by atoms with E-state index < -0.39 is 42.3 Å². The minimum absolute atomic E-state index is 0.0415. The smallest absolute Gasteiger partial charge is 0.344 e. The summed E-state index contributed by atoms with van der Waals surface area (Å²) in [6.45, 7) is 1.94. The quantitative estimate of drug-likeness (QED) is 0.493. The van der Waals surface area contributed by atoms with Gasteiger partial charge in [-0.25, -0.2) is 9.59 Å². The van der Waals surface area contributed by atoms with Gasteiger partial charge in [0.05, 0.1) is 11.5 Å². The number of carbonyl (C=O) groups is 1. The van der Waals surface area contributed by atoms with Crippen molar-refractivity contribution in [1.82, 2.24) is 0 Å². The lowest BCUT2D eigenvalue weighted by Crippen LogP contribution is -2.61. The lowest BCUT2D eigenvalue weighted by Gasteiger charge is -2.38. The van der Waals surface area contributed by atoms with E-state index in [1.54, 1.807) is 6.07 Å². The van der Waals surface area contributed by atoms with Crippen LogP contribution in [-0.4, -0.2) is 63.2 Å². The summed E-state index contributed by atoms with van der Waals surface area (Å²) < 4.78 is 21.5. The van der Waals surface area contributed by atoms with Crippen LogP contribution in [0.1, 0.15) is 25.2 Å². The van der Waals surface area contributed by atoms with Crippen molar-refractivity contribution >= 4 is 16.7 Å². The van der Waals surface area contributed by atoms with Gasteiger partial charge in [0, 0.05) is 5.39 Å². The number of benzene rings is 1. The zero-order chi connectivity index (χ0) is 20.9. The van der Waals surface area contributed by atoms with Crippen molar-refractivity contribution in [3.63, 3.8) is 0 Å². The number of aliphatic hydroxyl groups excluding tert-OH is 3. The Balaban J connectivity index is 1.68. The number of epoxide rings is 1. The van der Waals surface area contributed by atoms with Gasteiger partial charge in [0.1, 0.15) is 35.9 Å². The highest BCUT2D eigenvalue weighted by Gasteiger charge is 2.48. The van der Waals surface area contributed by atoms with Gasteiger partial charge in [0.25, 0.3) is 0 Å². The summed E-state index contributed by atoms with van der Waals surface area (Å²) in [6.07, 6.45) is -8.34. The largest absolute Gasteiger partial charge is 0.479 e. The molecule has 29 heavy (non-hydrogen) atoms. The fourth-order valence-electron chi connectivity index (χ4n) is 3.43. The van der Waals surface area contributed by atoms with Crippen molar-refractivity contribution in [2.24, 2.45) is 0 Å². The maximum atomic E-state index is 12.4. The van der Waals surface area contributed by atoms with Crippen LogP contribution in [0.3, 0.4) is 0 Å². The molecule has 2 aromatic rings. The number of hydrogen-bond acceptors (Lipinski definition) is 9. The summed E-state index contributed by atoms with van der Waals surface area (Å²) in [5.74, 6) is -1.08. The maximum Gasteiger partial charge on any atom is 0.344 e. The highest BCUT2D eigenvalue weighted by atomic mass is 16.7. The van der Waals surface area contributed by atoms with E-state index in [-0.39, 0.29) is 23.3 Å². The second-order valence-corrected chi connectivity index (χ2v) is 7.01. The molecule has 10 heteroatoms. The van der Waals surface area contributed by atoms with Gasteiger partial charge in [-0.05, 0) is 24.6 Å². The maximum absolute atomic E-state index is 12.4. The van der Waals surface area contributed by atoms with Crippen LogP contribution in [0.5, 0.6) is 5.75 Å². The minimum atomic E-state index is -1.83. The number of hydrogen-bond donors (Lipinski definition) is 4. The Bertz CT molecular complexity index is 985. The third kappa shape index (κ3) is 3.49. The number of carboxylic acid groups (broad SMARTS) is 1. The van der Waals surface area contributed by atoms with Crippen LogP contribution in [0.15, 0.2) is 33.5 Å². The number of fused-ring (bicyclic) bond motifs is 1. The van der Waals surface area contributed by atoms with Gasteiger partial charge >= 0.3 is 11.6 Å². The van der Waals surface area contributed by atoms with Crippen LogP contribution in [0.2, 0.25) is 0 Å². The summed E-state index contributed by atoms with van der Waals surface area (Å²) in [5, 5.41) is 39.6. The van der Waals surface area contributed by atoms with Gasteiger partial charge in [-0.1, -0.05) is 13.0 Å². The predicted octanol–water partition coefficient (Wildman–Crippen LogP) is -0.0861. The number of aliphatic hydroxyl groups is 3. The fraction of sp³-hybridized carbons (Fsp3) is 0.474. The van der Waals surface area contributed by atoms with Gasteiger partial charge in [-0.15, -0.1) is 0 Å². The van der Waals surface area contributed by atoms with Crippen LogP contribution >= 0.6 is 0 Å². The molecule has 7 atom stereocenters. The van der Waals surface area contributed by atoms with Gasteiger partial charge in [0.2, 0.25) is 6.29 Å². The summed E-state index contributed by atoms with van der Waals surface area (Å²) in [5.41, 5.74) is -0.600.